The third-order valence-electron chi connectivity index (χ3n) is 2.94. The Morgan fingerprint density at radius 2 is 2.18 bits per heavy atom. The van der Waals surface area contributed by atoms with Crippen LogP contribution in [0.3, 0.4) is 0 Å². The normalized spacial score (nSPS) is 16.7. The van der Waals surface area contributed by atoms with Gasteiger partial charge in [0.1, 0.15) is 0 Å². The van der Waals surface area contributed by atoms with Crippen molar-refractivity contribution in [3.63, 3.8) is 0 Å². The second-order valence-corrected chi connectivity index (χ2v) is 4.21. The summed E-state index contributed by atoms with van der Waals surface area (Å²) in [6, 6.07) is 2.88. The largest absolute Gasteiger partial charge is 0.381 e. The van der Waals surface area contributed by atoms with Crippen molar-refractivity contribution in [2.75, 3.05) is 19.8 Å². The van der Waals surface area contributed by atoms with E-state index in [1.807, 2.05) is 0 Å². The number of hydrogen-bond acceptors (Lipinski definition) is 3. The molecule has 2 heterocycles. The number of nitrogens with one attached hydrogen (secondary N) is 2. The van der Waals surface area contributed by atoms with Crippen LogP contribution in [0.5, 0.6) is 0 Å². The highest BCUT2D eigenvalue weighted by Crippen LogP contribution is 2.13. The number of hydrogen-bond donors (Lipinski definition) is 2. The predicted octanol–water partition coefficient (Wildman–Crippen LogP) is 0.531. The first-order chi connectivity index (χ1) is 8.25. The molecule has 2 N–H and O–H groups in total. The molecule has 5 nitrogen and oxygen atoms in total. The number of aromatic amines is 1. The van der Waals surface area contributed by atoms with Crippen molar-refractivity contribution in [1.82, 2.24) is 10.3 Å². The highest BCUT2D eigenvalue weighted by molar-refractivity contribution is 5.93. The second-order valence-electron chi connectivity index (χ2n) is 4.21. The number of amides is 1. The molecule has 1 aromatic heterocycles. The summed E-state index contributed by atoms with van der Waals surface area (Å²) in [6.07, 6.45) is 3.42. The summed E-state index contributed by atoms with van der Waals surface area (Å²) in [4.78, 5) is 25.1. The Balaban J connectivity index is 1.84. The van der Waals surface area contributed by atoms with Crippen LogP contribution in [0, 0.1) is 5.92 Å². The molecular weight excluding hydrogens is 220 g/mol. The quantitative estimate of drug-likeness (QED) is 0.804. The maximum atomic E-state index is 11.7. The fourth-order valence-electron chi connectivity index (χ4n) is 1.84. The summed E-state index contributed by atoms with van der Waals surface area (Å²) in [5, 5.41) is 2.87. The number of aromatic nitrogens is 1. The molecule has 0 bridgehead atoms. The number of rotatable bonds is 3. The van der Waals surface area contributed by atoms with Crippen LogP contribution >= 0.6 is 0 Å². The average molecular weight is 236 g/mol. The highest BCUT2D eigenvalue weighted by atomic mass is 16.5. The van der Waals surface area contributed by atoms with Gasteiger partial charge < -0.3 is 15.0 Å². The first-order valence-corrected chi connectivity index (χ1v) is 5.80. The van der Waals surface area contributed by atoms with Gasteiger partial charge in [0, 0.05) is 32.0 Å². The lowest BCUT2D eigenvalue weighted by atomic mass is 10.0. The molecule has 1 fully saturated rings. The van der Waals surface area contributed by atoms with Gasteiger partial charge in [-0.1, -0.05) is 0 Å². The molecule has 0 radical (unpaired) electrons. The smallest absolute Gasteiger partial charge is 0.252 e. The van der Waals surface area contributed by atoms with Crippen molar-refractivity contribution in [3.8, 4) is 0 Å². The Labute approximate surface area is 99.2 Å². The van der Waals surface area contributed by atoms with E-state index in [9.17, 15) is 9.59 Å². The van der Waals surface area contributed by atoms with Crippen molar-refractivity contribution < 1.29 is 9.53 Å². The van der Waals surface area contributed by atoms with Gasteiger partial charge >= 0.3 is 0 Å². The summed E-state index contributed by atoms with van der Waals surface area (Å²) in [5.41, 5.74) is 0.280. The Bertz CT molecular complexity index is 415. The predicted molar refractivity (Wildman–Crippen MR) is 62.9 cm³/mol. The molecule has 0 saturated carbocycles. The molecule has 5 heteroatoms. The number of carbonyl (C=O) groups excluding carboxylic acids is 1. The molecular formula is C12H16N2O3. The third kappa shape index (κ3) is 3.42. The summed E-state index contributed by atoms with van der Waals surface area (Å²) in [5.74, 6) is 0.350. The average Bonchev–Trinajstić information content (AvgIpc) is 2.38. The van der Waals surface area contributed by atoms with Crippen molar-refractivity contribution in [3.05, 3.63) is 34.2 Å². The standard InChI is InChI=1S/C12H16N2O3/c15-11-2-1-10(8-13-11)12(16)14-7-9-3-5-17-6-4-9/h1-2,8-9H,3-7H2,(H,13,15)(H,14,16). The van der Waals surface area contributed by atoms with Crippen LogP contribution in [0.4, 0.5) is 0 Å². The first kappa shape index (κ1) is 11.9. The Kier molecular flexibility index (Phi) is 3.93. The van der Waals surface area contributed by atoms with Crippen LogP contribution in [0.15, 0.2) is 23.1 Å². The maximum absolute atomic E-state index is 11.7. The molecule has 0 unspecified atom stereocenters. The van der Waals surface area contributed by atoms with Crippen molar-refractivity contribution in [2.45, 2.75) is 12.8 Å². The first-order valence-electron chi connectivity index (χ1n) is 5.80. The molecule has 1 aromatic rings. The highest BCUT2D eigenvalue weighted by Gasteiger charge is 2.15. The molecule has 1 aliphatic rings. The lowest BCUT2D eigenvalue weighted by Crippen LogP contribution is -2.32. The van der Waals surface area contributed by atoms with E-state index in [-0.39, 0.29) is 11.5 Å². The summed E-state index contributed by atoms with van der Waals surface area (Å²) < 4.78 is 5.25. The molecule has 0 atom stereocenters. The van der Waals surface area contributed by atoms with E-state index in [1.54, 1.807) is 0 Å². The van der Waals surface area contributed by atoms with Gasteiger partial charge in [0.15, 0.2) is 0 Å². The lowest BCUT2D eigenvalue weighted by Gasteiger charge is -2.22. The zero-order valence-corrected chi connectivity index (χ0v) is 9.57. The summed E-state index contributed by atoms with van der Waals surface area (Å²) in [7, 11) is 0. The summed E-state index contributed by atoms with van der Waals surface area (Å²) in [6.45, 7) is 2.22. The van der Waals surface area contributed by atoms with E-state index in [0.717, 1.165) is 26.1 Å². The van der Waals surface area contributed by atoms with Gasteiger partial charge in [-0.25, -0.2) is 0 Å². The zero-order valence-electron chi connectivity index (χ0n) is 9.57. The van der Waals surface area contributed by atoms with Gasteiger partial charge in [0.2, 0.25) is 5.56 Å². The SMILES string of the molecule is O=C(NCC1CCOCC1)c1ccc(=O)[nH]c1. The number of pyridine rings is 1. The molecule has 0 aliphatic carbocycles. The number of H-pyrrole nitrogens is 1. The summed E-state index contributed by atoms with van der Waals surface area (Å²) >= 11 is 0. The van der Waals surface area contributed by atoms with Crippen LogP contribution in [0.2, 0.25) is 0 Å². The molecule has 0 spiro atoms. The van der Waals surface area contributed by atoms with Crippen LogP contribution in [0.25, 0.3) is 0 Å². The molecule has 1 saturated heterocycles. The fraction of sp³-hybridized carbons (Fsp3) is 0.500. The lowest BCUT2D eigenvalue weighted by molar-refractivity contribution is 0.0642. The molecule has 1 amide bonds. The van der Waals surface area contributed by atoms with Crippen molar-refractivity contribution in [1.29, 1.82) is 0 Å². The maximum Gasteiger partial charge on any atom is 0.252 e. The topological polar surface area (TPSA) is 71.2 Å². The van der Waals surface area contributed by atoms with E-state index in [4.69, 9.17) is 4.74 Å². The second kappa shape index (κ2) is 5.63. The zero-order chi connectivity index (χ0) is 12.1. The monoisotopic (exact) mass is 236 g/mol. The van der Waals surface area contributed by atoms with Crippen molar-refractivity contribution in [2.24, 2.45) is 5.92 Å². The molecule has 2 rings (SSSR count). The van der Waals surface area contributed by atoms with E-state index >= 15 is 0 Å². The van der Waals surface area contributed by atoms with E-state index in [1.165, 1.54) is 18.3 Å². The van der Waals surface area contributed by atoms with Crippen LogP contribution in [-0.2, 0) is 4.74 Å². The van der Waals surface area contributed by atoms with Gasteiger partial charge in [-0.05, 0) is 24.8 Å². The van der Waals surface area contributed by atoms with E-state index in [0.29, 0.717) is 18.0 Å². The van der Waals surface area contributed by atoms with Gasteiger partial charge in [-0.2, -0.15) is 0 Å². The Hall–Kier alpha value is -1.62. The van der Waals surface area contributed by atoms with Gasteiger partial charge in [-0.15, -0.1) is 0 Å². The van der Waals surface area contributed by atoms with E-state index in [2.05, 4.69) is 10.3 Å². The molecule has 0 aromatic carbocycles. The fourth-order valence-corrected chi connectivity index (χ4v) is 1.84. The molecule has 92 valence electrons. The van der Waals surface area contributed by atoms with Gasteiger partial charge in [-0.3, -0.25) is 9.59 Å². The van der Waals surface area contributed by atoms with E-state index < -0.39 is 0 Å². The number of ether oxygens (including phenoxy) is 1. The van der Waals surface area contributed by atoms with Crippen LogP contribution in [-0.4, -0.2) is 30.6 Å². The Morgan fingerprint density at radius 3 is 2.82 bits per heavy atom. The molecule has 1 aliphatic heterocycles. The van der Waals surface area contributed by atoms with Gasteiger partial charge in [0.25, 0.3) is 5.91 Å². The van der Waals surface area contributed by atoms with Crippen LogP contribution < -0.4 is 10.9 Å². The Morgan fingerprint density at radius 1 is 1.41 bits per heavy atom. The third-order valence-corrected chi connectivity index (χ3v) is 2.94. The van der Waals surface area contributed by atoms with Crippen molar-refractivity contribution >= 4 is 5.91 Å². The van der Waals surface area contributed by atoms with Crippen LogP contribution in [0.1, 0.15) is 23.2 Å². The number of carbonyl (C=O) groups is 1. The minimum absolute atomic E-state index is 0.146. The van der Waals surface area contributed by atoms with Gasteiger partial charge in [0.05, 0.1) is 5.56 Å². The minimum Gasteiger partial charge on any atom is -0.381 e. The molecule has 17 heavy (non-hydrogen) atoms. The minimum atomic E-state index is -0.203.